The Kier molecular flexibility index (Phi) is 5.48. The fourth-order valence-corrected chi connectivity index (χ4v) is 2.40. The molecule has 0 fully saturated rings. The first-order chi connectivity index (χ1) is 10.1. The number of aryl methyl sites for hydroxylation is 1. The zero-order valence-electron chi connectivity index (χ0n) is 12.5. The lowest BCUT2D eigenvalue weighted by atomic mass is 10.0. The van der Waals surface area contributed by atoms with Gasteiger partial charge in [-0.05, 0) is 43.0 Å². The molecule has 0 saturated carbocycles. The molecule has 0 saturated heterocycles. The van der Waals surface area contributed by atoms with Gasteiger partial charge in [-0.15, -0.1) is 0 Å². The van der Waals surface area contributed by atoms with Crippen LogP contribution in [0, 0.1) is 12.7 Å². The summed E-state index contributed by atoms with van der Waals surface area (Å²) >= 11 is 0. The van der Waals surface area contributed by atoms with Crippen molar-refractivity contribution < 1.29 is 9.50 Å². The maximum atomic E-state index is 13.6. The summed E-state index contributed by atoms with van der Waals surface area (Å²) in [6, 6.07) is 15.2. The molecule has 0 bridgehead atoms. The SMILES string of the molecule is Cc1ccc(C(C)N[C@H](CO)Cc2ccccc2)cc1F. The van der Waals surface area contributed by atoms with E-state index in [0.717, 1.165) is 12.0 Å². The smallest absolute Gasteiger partial charge is 0.126 e. The van der Waals surface area contributed by atoms with E-state index in [2.05, 4.69) is 5.32 Å². The van der Waals surface area contributed by atoms with Gasteiger partial charge in [0.1, 0.15) is 5.82 Å². The average molecular weight is 287 g/mol. The van der Waals surface area contributed by atoms with Crippen molar-refractivity contribution in [2.45, 2.75) is 32.4 Å². The summed E-state index contributed by atoms with van der Waals surface area (Å²) in [7, 11) is 0. The van der Waals surface area contributed by atoms with Crippen LogP contribution in [0.15, 0.2) is 48.5 Å². The Morgan fingerprint density at radius 3 is 2.48 bits per heavy atom. The number of nitrogens with one attached hydrogen (secondary N) is 1. The molecule has 2 aromatic rings. The third-order valence-electron chi connectivity index (χ3n) is 3.73. The Bertz CT molecular complexity index is 571. The van der Waals surface area contributed by atoms with E-state index < -0.39 is 0 Å². The number of rotatable bonds is 6. The molecule has 0 heterocycles. The predicted octanol–water partition coefficient (Wildman–Crippen LogP) is 3.39. The predicted molar refractivity (Wildman–Crippen MR) is 83.7 cm³/mol. The van der Waals surface area contributed by atoms with Crippen LogP contribution < -0.4 is 5.32 Å². The summed E-state index contributed by atoms with van der Waals surface area (Å²) in [5.41, 5.74) is 2.71. The molecule has 21 heavy (non-hydrogen) atoms. The number of hydrogen-bond acceptors (Lipinski definition) is 2. The quantitative estimate of drug-likeness (QED) is 0.853. The molecule has 0 aliphatic heterocycles. The fourth-order valence-electron chi connectivity index (χ4n) is 2.40. The zero-order chi connectivity index (χ0) is 15.2. The lowest BCUT2D eigenvalue weighted by Crippen LogP contribution is -2.36. The highest BCUT2D eigenvalue weighted by Gasteiger charge is 2.14. The molecule has 0 radical (unpaired) electrons. The van der Waals surface area contributed by atoms with E-state index in [0.29, 0.717) is 5.56 Å². The minimum absolute atomic E-state index is 0.0130. The van der Waals surface area contributed by atoms with E-state index in [1.807, 2.05) is 43.3 Å². The number of halogens is 1. The van der Waals surface area contributed by atoms with Crippen molar-refractivity contribution >= 4 is 0 Å². The molecular formula is C18H22FNO. The van der Waals surface area contributed by atoms with Gasteiger partial charge >= 0.3 is 0 Å². The maximum absolute atomic E-state index is 13.6. The van der Waals surface area contributed by atoms with Gasteiger partial charge in [-0.25, -0.2) is 4.39 Å². The Hall–Kier alpha value is -1.71. The summed E-state index contributed by atoms with van der Waals surface area (Å²) in [5, 5.41) is 12.9. The van der Waals surface area contributed by atoms with Crippen LogP contribution in [0.2, 0.25) is 0 Å². The molecule has 2 rings (SSSR count). The molecule has 1 unspecified atom stereocenters. The molecule has 2 aromatic carbocycles. The molecule has 2 atom stereocenters. The first kappa shape index (κ1) is 15.7. The van der Waals surface area contributed by atoms with E-state index in [-0.39, 0.29) is 24.5 Å². The maximum Gasteiger partial charge on any atom is 0.126 e. The topological polar surface area (TPSA) is 32.3 Å². The van der Waals surface area contributed by atoms with Crippen molar-refractivity contribution in [3.63, 3.8) is 0 Å². The number of aliphatic hydroxyl groups is 1. The normalized spacial score (nSPS) is 13.9. The lowest BCUT2D eigenvalue weighted by molar-refractivity contribution is 0.232. The molecular weight excluding hydrogens is 265 g/mol. The molecule has 0 aliphatic carbocycles. The van der Waals surface area contributed by atoms with E-state index in [4.69, 9.17) is 0 Å². The van der Waals surface area contributed by atoms with Crippen molar-refractivity contribution in [1.29, 1.82) is 0 Å². The lowest BCUT2D eigenvalue weighted by Gasteiger charge is -2.22. The number of hydrogen-bond donors (Lipinski definition) is 2. The summed E-state index contributed by atoms with van der Waals surface area (Å²) < 4.78 is 13.6. The Morgan fingerprint density at radius 1 is 1.14 bits per heavy atom. The second kappa shape index (κ2) is 7.34. The van der Waals surface area contributed by atoms with Crippen molar-refractivity contribution in [3.8, 4) is 0 Å². The van der Waals surface area contributed by atoms with Crippen molar-refractivity contribution in [1.82, 2.24) is 5.32 Å². The zero-order valence-corrected chi connectivity index (χ0v) is 12.5. The Morgan fingerprint density at radius 2 is 1.86 bits per heavy atom. The van der Waals surface area contributed by atoms with Crippen LogP contribution in [0.5, 0.6) is 0 Å². The third-order valence-corrected chi connectivity index (χ3v) is 3.73. The van der Waals surface area contributed by atoms with Gasteiger partial charge in [-0.3, -0.25) is 0 Å². The van der Waals surface area contributed by atoms with Crippen LogP contribution in [0.25, 0.3) is 0 Å². The first-order valence-corrected chi connectivity index (χ1v) is 7.27. The van der Waals surface area contributed by atoms with Crippen molar-refractivity contribution in [2.75, 3.05) is 6.61 Å². The first-order valence-electron chi connectivity index (χ1n) is 7.27. The van der Waals surface area contributed by atoms with Gasteiger partial charge in [0.25, 0.3) is 0 Å². The van der Waals surface area contributed by atoms with Crippen LogP contribution >= 0.6 is 0 Å². The van der Waals surface area contributed by atoms with Gasteiger partial charge in [0.05, 0.1) is 6.61 Å². The van der Waals surface area contributed by atoms with Crippen LogP contribution in [-0.2, 0) is 6.42 Å². The Labute approximate surface area is 125 Å². The summed E-state index contributed by atoms with van der Waals surface area (Å²) in [6.07, 6.45) is 0.746. The van der Waals surface area contributed by atoms with Gasteiger partial charge in [0.2, 0.25) is 0 Å². The van der Waals surface area contributed by atoms with Gasteiger partial charge in [-0.2, -0.15) is 0 Å². The monoisotopic (exact) mass is 287 g/mol. The van der Waals surface area contributed by atoms with Gasteiger partial charge in [-0.1, -0.05) is 42.5 Å². The van der Waals surface area contributed by atoms with Crippen molar-refractivity contribution in [2.24, 2.45) is 0 Å². The molecule has 2 nitrogen and oxygen atoms in total. The van der Waals surface area contributed by atoms with Gasteiger partial charge < -0.3 is 10.4 Å². The molecule has 3 heteroatoms. The summed E-state index contributed by atoms with van der Waals surface area (Å²) in [6.45, 7) is 3.79. The molecule has 0 spiro atoms. The third kappa shape index (κ3) is 4.38. The molecule has 0 aromatic heterocycles. The van der Waals surface area contributed by atoms with E-state index in [9.17, 15) is 9.50 Å². The van der Waals surface area contributed by atoms with E-state index in [1.54, 1.807) is 19.1 Å². The van der Waals surface area contributed by atoms with Crippen LogP contribution in [0.1, 0.15) is 29.7 Å². The minimum Gasteiger partial charge on any atom is -0.395 e. The highest BCUT2D eigenvalue weighted by atomic mass is 19.1. The van der Waals surface area contributed by atoms with E-state index >= 15 is 0 Å². The average Bonchev–Trinajstić information content (AvgIpc) is 2.50. The van der Waals surface area contributed by atoms with Gasteiger partial charge in [0, 0.05) is 12.1 Å². The fraction of sp³-hybridized carbons (Fsp3) is 0.333. The van der Waals surface area contributed by atoms with E-state index in [1.165, 1.54) is 5.56 Å². The summed E-state index contributed by atoms with van der Waals surface area (Å²) in [4.78, 5) is 0. The standard InChI is InChI=1S/C18H22FNO/c1-13-8-9-16(11-18(13)19)14(2)20-17(12-21)10-15-6-4-3-5-7-15/h3-9,11,14,17,20-21H,10,12H2,1-2H3/t14?,17-/m0/s1. The molecule has 0 aliphatic rings. The number of aliphatic hydroxyl groups excluding tert-OH is 1. The van der Waals surface area contributed by atoms with Crippen LogP contribution in [-0.4, -0.2) is 17.8 Å². The highest BCUT2D eigenvalue weighted by Crippen LogP contribution is 2.17. The molecule has 0 amide bonds. The van der Waals surface area contributed by atoms with Crippen LogP contribution in [0.4, 0.5) is 4.39 Å². The largest absolute Gasteiger partial charge is 0.395 e. The molecule has 112 valence electrons. The van der Waals surface area contributed by atoms with Crippen LogP contribution in [0.3, 0.4) is 0 Å². The minimum atomic E-state index is -0.190. The summed E-state index contributed by atoms with van der Waals surface area (Å²) in [5.74, 6) is -0.190. The number of benzene rings is 2. The second-order valence-electron chi connectivity index (χ2n) is 5.47. The van der Waals surface area contributed by atoms with Gasteiger partial charge in [0.15, 0.2) is 0 Å². The Balaban J connectivity index is 2.02. The second-order valence-corrected chi connectivity index (χ2v) is 5.47. The van der Waals surface area contributed by atoms with Crippen molar-refractivity contribution in [3.05, 3.63) is 71.0 Å². The molecule has 2 N–H and O–H groups in total. The highest BCUT2D eigenvalue weighted by molar-refractivity contribution is 5.25.